The molecule has 1 saturated carbocycles. The van der Waals surface area contributed by atoms with Crippen molar-refractivity contribution < 1.29 is 4.79 Å². The largest absolute Gasteiger partial charge is 0.342 e. The number of carbonyl (C=O) groups excluding carboxylic acids is 1. The summed E-state index contributed by atoms with van der Waals surface area (Å²) in [6, 6.07) is 8.47. The summed E-state index contributed by atoms with van der Waals surface area (Å²) in [4.78, 5) is 35.2. The summed E-state index contributed by atoms with van der Waals surface area (Å²) in [6.45, 7) is 8.53. The van der Waals surface area contributed by atoms with Crippen molar-refractivity contribution in [3.05, 3.63) is 51.6 Å². The molecule has 3 heterocycles. The summed E-state index contributed by atoms with van der Waals surface area (Å²) in [5, 5.41) is 8.31. The first-order valence-corrected chi connectivity index (χ1v) is 12.5. The van der Waals surface area contributed by atoms with Gasteiger partial charge in [-0.05, 0) is 42.2 Å². The molecule has 180 valence electrons. The molecule has 1 aromatic carbocycles. The number of rotatable bonds is 4. The van der Waals surface area contributed by atoms with E-state index in [4.69, 9.17) is 4.98 Å². The second-order valence-corrected chi connectivity index (χ2v) is 10.9. The number of hydrogen-bond donors (Lipinski definition) is 1. The lowest BCUT2D eigenvalue weighted by Gasteiger charge is -2.33. The highest BCUT2D eigenvalue weighted by Gasteiger charge is 2.31. The third-order valence-electron chi connectivity index (χ3n) is 7.44. The van der Waals surface area contributed by atoms with Crippen molar-refractivity contribution in [2.45, 2.75) is 77.2 Å². The molecule has 1 saturated heterocycles. The van der Waals surface area contributed by atoms with Crippen LogP contribution in [0.5, 0.6) is 0 Å². The topological polar surface area (TPSA) is 96.8 Å². The number of amides is 1. The Morgan fingerprint density at radius 2 is 1.74 bits per heavy atom. The zero-order valence-electron chi connectivity index (χ0n) is 20.4. The van der Waals surface area contributed by atoms with Crippen molar-refractivity contribution in [1.29, 1.82) is 0 Å². The number of nitrogens with zero attached hydrogens (tertiary/aromatic N) is 5. The number of aromatic amines is 1. The quantitative estimate of drug-likeness (QED) is 0.637. The maximum absolute atomic E-state index is 12.8. The summed E-state index contributed by atoms with van der Waals surface area (Å²) in [6.07, 6.45) is 6.01. The lowest BCUT2D eigenvalue weighted by atomic mass is 9.87. The van der Waals surface area contributed by atoms with Crippen molar-refractivity contribution in [2.24, 2.45) is 5.92 Å². The Morgan fingerprint density at radius 1 is 1.06 bits per heavy atom. The molecule has 8 nitrogen and oxygen atoms in total. The van der Waals surface area contributed by atoms with Crippen molar-refractivity contribution in [2.75, 3.05) is 13.1 Å². The van der Waals surface area contributed by atoms with E-state index in [2.05, 4.69) is 60.3 Å². The van der Waals surface area contributed by atoms with Gasteiger partial charge in [0, 0.05) is 24.9 Å². The van der Waals surface area contributed by atoms with Gasteiger partial charge in [-0.2, -0.15) is 0 Å². The second kappa shape index (κ2) is 8.96. The monoisotopic (exact) mass is 462 g/mol. The maximum Gasteiger partial charge on any atom is 0.281 e. The van der Waals surface area contributed by atoms with Gasteiger partial charge in [-0.1, -0.05) is 63.1 Å². The van der Waals surface area contributed by atoms with Crippen molar-refractivity contribution >= 4 is 17.1 Å². The summed E-state index contributed by atoms with van der Waals surface area (Å²) < 4.78 is 1.71. The third-order valence-corrected chi connectivity index (χ3v) is 7.44. The molecular weight excluding hydrogens is 428 g/mol. The summed E-state index contributed by atoms with van der Waals surface area (Å²) >= 11 is 0. The Morgan fingerprint density at radius 3 is 2.38 bits per heavy atom. The van der Waals surface area contributed by atoms with Crippen LogP contribution in [0.2, 0.25) is 0 Å². The number of piperidine rings is 1. The standard InChI is InChI=1S/C26H34N6O2/c1-26(2,3)20-10-8-17(9-11-20)16-32-23-21(29-30-32)24(33)28-22(27-23)18-12-14-31(15-13-18)25(34)19-6-4-5-7-19/h8-11,18-19H,4-7,12-16H2,1-3H3,(H,27,28,33). The third kappa shape index (κ3) is 4.50. The first-order chi connectivity index (χ1) is 16.3. The molecule has 1 N–H and O–H groups in total. The maximum atomic E-state index is 12.8. The van der Waals surface area contributed by atoms with Crippen LogP contribution in [0.15, 0.2) is 29.1 Å². The Bertz CT molecular complexity index is 1220. The average Bonchev–Trinajstić information content (AvgIpc) is 3.50. The van der Waals surface area contributed by atoms with E-state index in [0.717, 1.165) is 44.3 Å². The van der Waals surface area contributed by atoms with Gasteiger partial charge in [-0.25, -0.2) is 9.67 Å². The Kier molecular flexibility index (Phi) is 6.00. The van der Waals surface area contributed by atoms with Gasteiger partial charge in [-0.15, -0.1) is 5.10 Å². The van der Waals surface area contributed by atoms with Crippen LogP contribution in [0.25, 0.3) is 11.2 Å². The average molecular weight is 463 g/mol. The van der Waals surface area contributed by atoms with Crippen LogP contribution >= 0.6 is 0 Å². The highest BCUT2D eigenvalue weighted by molar-refractivity contribution is 5.79. The number of likely N-dealkylation sites (tertiary alicyclic amines) is 1. The molecular formula is C26H34N6O2. The van der Waals surface area contributed by atoms with Gasteiger partial charge in [0.15, 0.2) is 11.2 Å². The summed E-state index contributed by atoms with van der Waals surface area (Å²) in [5.74, 6) is 1.33. The number of hydrogen-bond acceptors (Lipinski definition) is 5. The predicted octanol–water partition coefficient (Wildman–Crippen LogP) is 3.76. The SMILES string of the molecule is CC(C)(C)c1ccc(Cn2nnc3c(=O)[nH]c(C4CCN(C(=O)C5CCCC5)CC4)nc32)cc1. The zero-order chi connectivity index (χ0) is 23.9. The Labute approximate surface area is 199 Å². The van der Waals surface area contributed by atoms with Gasteiger partial charge in [0.25, 0.3) is 5.56 Å². The van der Waals surface area contributed by atoms with Crippen LogP contribution in [-0.4, -0.2) is 48.9 Å². The van der Waals surface area contributed by atoms with Gasteiger partial charge in [0.1, 0.15) is 5.82 Å². The number of carbonyl (C=O) groups is 1. The molecule has 3 aromatic rings. The molecule has 2 aromatic heterocycles. The van der Waals surface area contributed by atoms with Gasteiger partial charge in [0.2, 0.25) is 5.91 Å². The van der Waals surface area contributed by atoms with Crippen LogP contribution in [0.4, 0.5) is 0 Å². The predicted molar refractivity (Wildman–Crippen MR) is 131 cm³/mol. The normalized spacial score (nSPS) is 18.1. The highest BCUT2D eigenvalue weighted by atomic mass is 16.2. The molecule has 1 aliphatic heterocycles. The van der Waals surface area contributed by atoms with Crippen LogP contribution in [-0.2, 0) is 16.8 Å². The van der Waals surface area contributed by atoms with Gasteiger partial charge < -0.3 is 9.88 Å². The summed E-state index contributed by atoms with van der Waals surface area (Å²) in [7, 11) is 0. The van der Waals surface area contributed by atoms with Gasteiger partial charge >= 0.3 is 0 Å². The minimum Gasteiger partial charge on any atom is -0.342 e. The Hall–Kier alpha value is -3.03. The fourth-order valence-corrected chi connectivity index (χ4v) is 5.27. The van der Waals surface area contributed by atoms with E-state index in [1.54, 1.807) is 4.68 Å². The Balaban J connectivity index is 1.32. The second-order valence-electron chi connectivity index (χ2n) is 10.9. The first-order valence-electron chi connectivity index (χ1n) is 12.5. The molecule has 34 heavy (non-hydrogen) atoms. The molecule has 8 heteroatoms. The van der Waals surface area contributed by atoms with E-state index in [1.165, 1.54) is 18.4 Å². The zero-order valence-corrected chi connectivity index (χ0v) is 20.4. The molecule has 0 unspecified atom stereocenters. The fraction of sp³-hybridized carbons (Fsp3) is 0.577. The number of nitrogens with one attached hydrogen (secondary N) is 1. The molecule has 2 fully saturated rings. The van der Waals surface area contributed by atoms with Crippen LogP contribution in [0, 0.1) is 5.92 Å². The number of benzene rings is 1. The molecule has 0 spiro atoms. The van der Waals surface area contributed by atoms with Crippen molar-refractivity contribution in [3.8, 4) is 0 Å². The van der Waals surface area contributed by atoms with Crippen molar-refractivity contribution in [1.82, 2.24) is 29.9 Å². The highest BCUT2D eigenvalue weighted by Crippen LogP contribution is 2.31. The van der Waals surface area contributed by atoms with Crippen LogP contribution < -0.4 is 5.56 Å². The van der Waals surface area contributed by atoms with Crippen LogP contribution in [0.3, 0.4) is 0 Å². The van der Waals surface area contributed by atoms with E-state index in [0.29, 0.717) is 23.9 Å². The molecule has 1 amide bonds. The minimum atomic E-state index is -0.251. The molecule has 5 rings (SSSR count). The molecule has 2 aliphatic rings. The van der Waals surface area contributed by atoms with Gasteiger partial charge in [-0.3, -0.25) is 9.59 Å². The smallest absolute Gasteiger partial charge is 0.281 e. The van der Waals surface area contributed by atoms with Gasteiger partial charge in [0.05, 0.1) is 6.54 Å². The van der Waals surface area contributed by atoms with E-state index in [1.807, 2.05) is 4.90 Å². The first kappa shape index (κ1) is 22.7. The lowest BCUT2D eigenvalue weighted by molar-refractivity contribution is -0.136. The fourth-order valence-electron chi connectivity index (χ4n) is 5.27. The molecule has 0 bridgehead atoms. The number of aromatic nitrogens is 5. The number of H-pyrrole nitrogens is 1. The number of fused-ring (bicyclic) bond motifs is 1. The molecule has 1 aliphatic carbocycles. The van der Waals surface area contributed by atoms with E-state index in [9.17, 15) is 9.59 Å². The molecule has 0 atom stereocenters. The van der Waals surface area contributed by atoms with Crippen molar-refractivity contribution in [3.63, 3.8) is 0 Å². The van der Waals surface area contributed by atoms with E-state index >= 15 is 0 Å². The summed E-state index contributed by atoms with van der Waals surface area (Å²) in [5.41, 5.74) is 2.99. The lowest BCUT2D eigenvalue weighted by Crippen LogP contribution is -2.41. The minimum absolute atomic E-state index is 0.0967. The van der Waals surface area contributed by atoms with Crippen LogP contribution in [0.1, 0.15) is 82.2 Å². The van der Waals surface area contributed by atoms with E-state index < -0.39 is 0 Å². The van der Waals surface area contributed by atoms with E-state index in [-0.39, 0.29) is 28.3 Å². The molecule has 0 radical (unpaired) electrons.